The van der Waals surface area contributed by atoms with Gasteiger partial charge >= 0.3 is 0 Å². The highest BCUT2D eigenvalue weighted by Crippen LogP contribution is 2.32. The molecule has 0 aliphatic carbocycles. The first-order valence-corrected chi connectivity index (χ1v) is 10.5. The van der Waals surface area contributed by atoms with Gasteiger partial charge < -0.3 is 10.1 Å². The number of rotatable bonds is 9. The highest BCUT2D eigenvalue weighted by atomic mass is 16.5. The number of ether oxygens (including phenoxy) is 1. The monoisotopic (exact) mass is 396 g/mol. The lowest BCUT2D eigenvalue weighted by atomic mass is 9.92. The molecule has 1 amide bonds. The van der Waals surface area contributed by atoms with Crippen LogP contribution in [0.2, 0.25) is 0 Å². The average molecular weight is 397 g/mol. The highest BCUT2D eigenvalue weighted by molar-refractivity contribution is 5.94. The molecule has 2 rings (SSSR count). The van der Waals surface area contributed by atoms with Crippen molar-refractivity contribution in [2.45, 2.75) is 53.4 Å². The van der Waals surface area contributed by atoms with Crippen LogP contribution in [-0.4, -0.2) is 37.6 Å². The van der Waals surface area contributed by atoms with E-state index < -0.39 is 0 Å². The Balaban J connectivity index is 1.93. The predicted octanol–water partition coefficient (Wildman–Crippen LogP) is 5.50. The molecular formula is C25H36N2O2. The first kappa shape index (κ1) is 23.0. The highest BCUT2D eigenvalue weighted by Gasteiger charge is 2.16. The van der Waals surface area contributed by atoms with Crippen LogP contribution in [0.1, 0.15) is 61.8 Å². The van der Waals surface area contributed by atoms with Crippen LogP contribution < -0.4 is 10.1 Å². The van der Waals surface area contributed by atoms with Gasteiger partial charge in [-0.25, -0.2) is 0 Å². The lowest BCUT2D eigenvalue weighted by Crippen LogP contribution is -2.33. The number of nitrogens with one attached hydrogen (secondary N) is 1. The van der Waals surface area contributed by atoms with Crippen LogP contribution in [0.4, 0.5) is 5.69 Å². The van der Waals surface area contributed by atoms with E-state index in [4.69, 9.17) is 4.74 Å². The largest absolute Gasteiger partial charge is 0.492 e. The molecule has 0 aliphatic heterocycles. The molecule has 0 aliphatic rings. The van der Waals surface area contributed by atoms with Crippen LogP contribution in [0.25, 0.3) is 0 Å². The van der Waals surface area contributed by atoms with E-state index in [1.165, 1.54) is 22.3 Å². The maximum absolute atomic E-state index is 12.7. The van der Waals surface area contributed by atoms with E-state index in [1.807, 2.05) is 24.1 Å². The Morgan fingerprint density at radius 2 is 1.55 bits per heavy atom. The van der Waals surface area contributed by atoms with Gasteiger partial charge in [0.2, 0.25) is 5.91 Å². The number of hydrogen-bond acceptors (Lipinski definition) is 3. The minimum absolute atomic E-state index is 0.00824. The van der Waals surface area contributed by atoms with Gasteiger partial charge in [-0.2, -0.15) is 0 Å². The molecule has 0 heterocycles. The van der Waals surface area contributed by atoms with Crippen molar-refractivity contribution < 1.29 is 9.53 Å². The second-order valence-electron chi connectivity index (χ2n) is 8.58. The van der Waals surface area contributed by atoms with Gasteiger partial charge in [-0.1, -0.05) is 52.0 Å². The Bertz CT molecular complexity index is 781. The minimum atomic E-state index is 0.00824. The van der Waals surface area contributed by atoms with Gasteiger partial charge in [-0.3, -0.25) is 9.69 Å². The molecule has 1 N–H and O–H groups in total. The molecule has 29 heavy (non-hydrogen) atoms. The zero-order chi connectivity index (χ0) is 21.6. The molecule has 0 fully saturated rings. The zero-order valence-electron chi connectivity index (χ0n) is 19.0. The van der Waals surface area contributed by atoms with Crippen molar-refractivity contribution in [2.24, 2.45) is 0 Å². The fourth-order valence-corrected chi connectivity index (χ4v) is 3.53. The van der Waals surface area contributed by atoms with Crippen molar-refractivity contribution in [1.82, 2.24) is 4.90 Å². The number of nitrogens with zero attached hydrogens (tertiary/aromatic N) is 1. The Morgan fingerprint density at radius 1 is 1.00 bits per heavy atom. The Morgan fingerprint density at radius 3 is 2.07 bits per heavy atom. The lowest BCUT2D eigenvalue weighted by Gasteiger charge is -2.22. The van der Waals surface area contributed by atoms with Crippen molar-refractivity contribution >= 4 is 11.6 Å². The number of carbonyl (C=O) groups excluding carboxylic acids is 1. The third kappa shape index (κ3) is 6.90. The Hall–Kier alpha value is -2.33. The second-order valence-corrected chi connectivity index (χ2v) is 8.58. The molecule has 0 radical (unpaired) electrons. The Kier molecular flexibility index (Phi) is 8.27. The summed E-state index contributed by atoms with van der Waals surface area (Å²) in [5, 5.41) is 3.17. The van der Waals surface area contributed by atoms with Crippen molar-refractivity contribution in [1.29, 1.82) is 0 Å². The summed E-state index contributed by atoms with van der Waals surface area (Å²) in [6.07, 6.45) is 0. The van der Waals surface area contributed by atoms with E-state index in [0.717, 1.165) is 11.4 Å². The molecule has 0 unspecified atom stereocenters. The van der Waals surface area contributed by atoms with E-state index in [2.05, 4.69) is 71.1 Å². The molecular weight excluding hydrogens is 360 g/mol. The van der Waals surface area contributed by atoms with Crippen LogP contribution in [0.5, 0.6) is 5.75 Å². The van der Waals surface area contributed by atoms with Crippen LogP contribution >= 0.6 is 0 Å². The summed E-state index contributed by atoms with van der Waals surface area (Å²) in [5.41, 5.74) is 5.73. The van der Waals surface area contributed by atoms with Gasteiger partial charge in [0.15, 0.2) is 0 Å². The standard InChI is InChI=1S/C25H36N2O2/c1-17(2)22-9-8-10-23(18(3)4)25(22)26-24(28)16-27(7)11-12-29-21-14-19(5)13-20(6)15-21/h8-10,13-15,17-18H,11-12,16H2,1-7H3,(H,26,28). The van der Waals surface area contributed by atoms with Crippen molar-refractivity contribution in [3.8, 4) is 5.75 Å². The number of para-hydroxylation sites is 1. The number of amides is 1. The molecule has 0 bridgehead atoms. The number of hydrogen-bond donors (Lipinski definition) is 1. The molecule has 4 heteroatoms. The summed E-state index contributed by atoms with van der Waals surface area (Å²) >= 11 is 0. The molecule has 0 aromatic heterocycles. The lowest BCUT2D eigenvalue weighted by molar-refractivity contribution is -0.117. The summed E-state index contributed by atoms with van der Waals surface area (Å²) < 4.78 is 5.87. The fraction of sp³-hybridized carbons (Fsp3) is 0.480. The summed E-state index contributed by atoms with van der Waals surface area (Å²) in [7, 11) is 1.95. The van der Waals surface area contributed by atoms with Gasteiger partial charge in [0.1, 0.15) is 12.4 Å². The molecule has 0 saturated carbocycles. The smallest absolute Gasteiger partial charge is 0.238 e. The van der Waals surface area contributed by atoms with Gasteiger partial charge in [0, 0.05) is 12.2 Å². The quantitative estimate of drug-likeness (QED) is 0.608. The van der Waals surface area contributed by atoms with Crippen LogP contribution in [0, 0.1) is 13.8 Å². The third-order valence-electron chi connectivity index (χ3n) is 4.99. The molecule has 158 valence electrons. The predicted molar refractivity (Wildman–Crippen MR) is 122 cm³/mol. The zero-order valence-corrected chi connectivity index (χ0v) is 19.0. The van der Waals surface area contributed by atoms with Crippen LogP contribution in [0.3, 0.4) is 0 Å². The van der Waals surface area contributed by atoms with E-state index in [0.29, 0.717) is 31.5 Å². The van der Waals surface area contributed by atoms with Gasteiger partial charge in [0.25, 0.3) is 0 Å². The maximum Gasteiger partial charge on any atom is 0.238 e. The second kappa shape index (κ2) is 10.4. The minimum Gasteiger partial charge on any atom is -0.492 e. The molecule has 0 spiro atoms. The van der Waals surface area contributed by atoms with E-state index in [9.17, 15) is 4.79 Å². The third-order valence-corrected chi connectivity index (χ3v) is 4.99. The van der Waals surface area contributed by atoms with Crippen LogP contribution in [-0.2, 0) is 4.79 Å². The van der Waals surface area contributed by atoms with Gasteiger partial charge in [-0.15, -0.1) is 0 Å². The summed E-state index contributed by atoms with van der Waals surface area (Å²) in [6, 6.07) is 12.5. The molecule has 2 aromatic carbocycles. The van der Waals surface area contributed by atoms with E-state index >= 15 is 0 Å². The van der Waals surface area contributed by atoms with Crippen molar-refractivity contribution in [3.05, 3.63) is 58.7 Å². The van der Waals surface area contributed by atoms with Crippen molar-refractivity contribution in [2.75, 3.05) is 32.1 Å². The summed E-state index contributed by atoms with van der Waals surface area (Å²) in [6.45, 7) is 14.3. The van der Waals surface area contributed by atoms with Crippen molar-refractivity contribution in [3.63, 3.8) is 0 Å². The topological polar surface area (TPSA) is 41.6 Å². The van der Waals surface area contributed by atoms with Crippen LogP contribution in [0.15, 0.2) is 36.4 Å². The number of anilines is 1. The first-order valence-electron chi connectivity index (χ1n) is 10.5. The summed E-state index contributed by atoms with van der Waals surface area (Å²) in [4.78, 5) is 14.7. The SMILES string of the molecule is Cc1cc(C)cc(OCCN(C)CC(=O)Nc2c(C(C)C)cccc2C(C)C)c1. The van der Waals surface area contributed by atoms with Gasteiger partial charge in [-0.05, 0) is 67.1 Å². The first-order chi connectivity index (χ1) is 13.7. The molecule has 0 saturated heterocycles. The average Bonchev–Trinajstić information content (AvgIpc) is 2.60. The number of aryl methyl sites for hydroxylation is 2. The maximum atomic E-state index is 12.7. The van der Waals surface area contributed by atoms with E-state index in [1.54, 1.807) is 0 Å². The Labute approximate surface area is 176 Å². The molecule has 4 nitrogen and oxygen atoms in total. The number of likely N-dealkylation sites (N-methyl/N-ethyl adjacent to an activating group) is 1. The molecule has 2 aromatic rings. The number of carbonyl (C=O) groups is 1. The summed E-state index contributed by atoms with van der Waals surface area (Å²) in [5.74, 6) is 1.60. The molecule has 0 atom stereocenters. The normalized spacial score (nSPS) is 11.4. The fourth-order valence-electron chi connectivity index (χ4n) is 3.53. The van der Waals surface area contributed by atoms with E-state index in [-0.39, 0.29) is 5.91 Å². The number of benzene rings is 2. The van der Waals surface area contributed by atoms with Gasteiger partial charge in [0.05, 0.1) is 6.54 Å².